The molecule has 0 radical (unpaired) electrons. The molecule has 0 nitrogen and oxygen atoms in total. The third-order valence-corrected chi connectivity index (χ3v) is 4.25. The van der Waals surface area contributed by atoms with Gasteiger partial charge in [-0.05, 0) is 53.1 Å². The van der Waals surface area contributed by atoms with E-state index < -0.39 is 36.8 Å². The van der Waals surface area contributed by atoms with Crippen LogP contribution in [-0.4, -0.2) is 0 Å². The summed E-state index contributed by atoms with van der Waals surface area (Å²) >= 11 is 0. The first-order valence-electron chi connectivity index (χ1n) is 10.9. The predicted octanol–water partition coefficient (Wildman–Crippen LogP) is 7.80. The van der Waals surface area contributed by atoms with Crippen molar-refractivity contribution in [3.05, 3.63) is 83.4 Å². The number of benzene rings is 3. The van der Waals surface area contributed by atoms with Gasteiger partial charge in [0.1, 0.15) is 0 Å². The quantitative estimate of drug-likeness (QED) is 0.398. The Morgan fingerprint density at radius 1 is 1.00 bits per heavy atom. The molecule has 0 spiro atoms. The molecule has 0 saturated heterocycles. The van der Waals surface area contributed by atoms with E-state index >= 15 is 0 Å². The Bertz CT molecular complexity index is 1080. The Labute approximate surface area is 171 Å². The van der Waals surface area contributed by atoms with Crippen molar-refractivity contribution < 1.29 is 20.0 Å². The maximum atomic E-state index is 13.0. The molecule has 0 aliphatic carbocycles. The number of hydrogen-bond donors (Lipinski definition) is 0. The van der Waals surface area contributed by atoms with Gasteiger partial charge in [0.15, 0.2) is 0 Å². The van der Waals surface area contributed by atoms with Crippen LogP contribution in [0.1, 0.15) is 55.6 Å². The minimum atomic E-state index is -4.61. The van der Waals surface area contributed by atoms with Crippen LogP contribution in [0.2, 0.25) is 0 Å². The highest BCUT2D eigenvalue weighted by Gasteiger charge is 2.30. The minimum Gasteiger partial charge on any atom is -0.166 e. The molecule has 3 aromatic rings. The molecular weight excluding hydrogens is 369 g/mol. The van der Waals surface area contributed by atoms with Crippen molar-refractivity contribution in [2.24, 2.45) is 0 Å². The monoisotopic (exact) mass is 397 g/mol. The lowest BCUT2D eigenvalue weighted by atomic mass is 9.90. The zero-order valence-electron chi connectivity index (χ0n) is 19.8. The van der Waals surface area contributed by atoms with Crippen LogP contribution in [0.25, 0.3) is 10.8 Å². The van der Waals surface area contributed by atoms with Crippen molar-refractivity contribution in [3.8, 4) is 0 Å². The molecule has 0 heterocycles. The van der Waals surface area contributed by atoms with E-state index in [1.165, 1.54) is 6.07 Å². The molecule has 3 rings (SSSR count). The van der Waals surface area contributed by atoms with Gasteiger partial charge in [-0.1, -0.05) is 74.0 Å². The first-order valence-corrected chi connectivity index (χ1v) is 8.37. The van der Waals surface area contributed by atoms with Gasteiger partial charge in [-0.25, -0.2) is 0 Å². The summed E-state index contributed by atoms with van der Waals surface area (Å²) in [6.45, 7) is 1.58. The predicted molar refractivity (Wildman–Crippen MR) is 109 cm³/mol. The van der Waals surface area contributed by atoms with Gasteiger partial charge in [0.25, 0.3) is 0 Å². The molecule has 0 saturated carbocycles. The molecule has 0 N–H and O–H groups in total. The topological polar surface area (TPSA) is 0 Å². The fourth-order valence-corrected chi connectivity index (χ4v) is 2.91. The average Bonchev–Trinajstić information content (AvgIpc) is 2.65. The normalized spacial score (nSPS) is 17.6. The molecule has 0 aliphatic heterocycles. The summed E-state index contributed by atoms with van der Waals surface area (Å²) in [7, 11) is 0. The van der Waals surface area contributed by atoms with Crippen LogP contribution in [0.4, 0.5) is 13.2 Å². The summed E-state index contributed by atoms with van der Waals surface area (Å²) < 4.78 is 81.2. The third-order valence-electron chi connectivity index (χ3n) is 4.25. The first-order chi connectivity index (χ1) is 14.2. The SMILES string of the molecule is Cl.[2H]C([2H])(CC([2H])([2H])c1cccc(C(F)(F)F)c1)C[C@]([2H])(C)c1cccc2ccccc12. The highest BCUT2D eigenvalue weighted by molar-refractivity contribution is 5.86. The van der Waals surface area contributed by atoms with E-state index in [0.717, 1.165) is 29.0 Å². The maximum absolute atomic E-state index is 13.0. The van der Waals surface area contributed by atoms with Crippen LogP contribution in [0.5, 0.6) is 0 Å². The molecule has 144 valence electrons. The van der Waals surface area contributed by atoms with E-state index in [9.17, 15) is 13.2 Å². The van der Waals surface area contributed by atoms with Crippen LogP contribution in [0.3, 0.4) is 0 Å². The van der Waals surface area contributed by atoms with E-state index in [1.54, 1.807) is 19.1 Å². The second-order valence-electron chi connectivity index (χ2n) is 6.17. The van der Waals surface area contributed by atoms with E-state index in [1.807, 2.05) is 30.3 Å². The van der Waals surface area contributed by atoms with Crippen molar-refractivity contribution in [2.45, 2.75) is 44.6 Å². The van der Waals surface area contributed by atoms with Gasteiger partial charge in [-0.3, -0.25) is 0 Å². The van der Waals surface area contributed by atoms with Crippen molar-refractivity contribution >= 4 is 23.2 Å². The zero-order chi connectivity index (χ0) is 23.1. The lowest BCUT2D eigenvalue weighted by Gasteiger charge is -2.15. The second kappa shape index (κ2) is 9.27. The summed E-state index contributed by atoms with van der Waals surface area (Å²) in [6, 6.07) is 16.8. The summed E-state index contributed by atoms with van der Waals surface area (Å²) in [5.74, 6) is -1.37. The van der Waals surface area contributed by atoms with E-state index in [0.29, 0.717) is 5.56 Å². The highest BCUT2D eigenvalue weighted by Crippen LogP contribution is 2.31. The standard InChI is InChI=1S/C23H23F3.ClH/c1-17(21-15-7-12-19-11-4-5-14-22(19)21)8-2-3-9-18-10-6-13-20(16-18)23(24,25)26;/h4-7,10-17H,2-3,8-9H2,1H3;1H/t17-;/m0./s1/i2D2,9D2,17D;. The van der Waals surface area contributed by atoms with E-state index in [4.69, 9.17) is 6.85 Å². The Kier molecular flexibility index (Phi) is 5.15. The Hall–Kier alpha value is -2.00. The fourth-order valence-electron chi connectivity index (χ4n) is 2.91. The molecule has 0 unspecified atom stereocenters. The van der Waals surface area contributed by atoms with Crippen LogP contribution < -0.4 is 0 Å². The molecule has 1 atom stereocenters. The van der Waals surface area contributed by atoms with Gasteiger partial charge >= 0.3 is 6.18 Å². The second-order valence-corrected chi connectivity index (χ2v) is 6.17. The summed E-state index contributed by atoms with van der Waals surface area (Å²) in [5, 5.41) is 1.73. The van der Waals surface area contributed by atoms with Crippen LogP contribution in [0, 0.1) is 0 Å². The molecule has 0 bridgehead atoms. The largest absolute Gasteiger partial charge is 0.416 e. The molecule has 0 amide bonds. The fraction of sp³-hybridized carbons (Fsp3) is 0.304. The lowest BCUT2D eigenvalue weighted by molar-refractivity contribution is -0.137. The summed E-state index contributed by atoms with van der Waals surface area (Å²) in [5.41, 5.74) is -0.590. The molecule has 0 aromatic heterocycles. The number of alkyl halides is 3. The number of aryl methyl sites for hydroxylation is 1. The summed E-state index contributed by atoms with van der Waals surface area (Å²) in [4.78, 5) is 0. The minimum absolute atomic E-state index is 0. The molecule has 3 aromatic carbocycles. The van der Waals surface area contributed by atoms with Crippen molar-refractivity contribution in [2.75, 3.05) is 0 Å². The smallest absolute Gasteiger partial charge is 0.166 e. The molecule has 0 fully saturated rings. The van der Waals surface area contributed by atoms with Gasteiger partial charge in [0, 0.05) is 6.85 Å². The Morgan fingerprint density at radius 3 is 2.48 bits per heavy atom. The van der Waals surface area contributed by atoms with Crippen LogP contribution in [-0.2, 0) is 12.5 Å². The van der Waals surface area contributed by atoms with Gasteiger partial charge < -0.3 is 0 Å². The number of fused-ring (bicyclic) bond motifs is 1. The van der Waals surface area contributed by atoms with Crippen LogP contribution in [0.15, 0.2) is 66.7 Å². The van der Waals surface area contributed by atoms with Crippen LogP contribution >= 0.6 is 12.4 Å². The maximum Gasteiger partial charge on any atom is 0.416 e. The van der Waals surface area contributed by atoms with E-state index in [-0.39, 0.29) is 24.4 Å². The highest BCUT2D eigenvalue weighted by atomic mass is 35.5. The lowest BCUT2D eigenvalue weighted by Crippen LogP contribution is -2.05. The number of halogens is 4. The summed E-state index contributed by atoms with van der Waals surface area (Å²) in [6.07, 6.45) is -10.1. The van der Waals surface area contributed by atoms with Gasteiger partial charge in [-0.15, -0.1) is 12.4 Å². The number of hydrogen-bond acceptors (Lipinski definition) is 0. The molecule has 4 heteroatoms. The average molecular weight is 398 g/mol. The Morgan fingerprint density at radius 2 is 1.70 bits per heavy atom. The third kappa shape index (κ3) is 5.49. The van der Waals surface area contributed by atoms with E-state index in [2.05, 4.69) is 0 Å². The molecular formula is C23H24ClF3. The Balaban J connectivity index is 0.00000363. The van der Waals surface area contributed by atoms with Crippen molar-refractivity contribution in [1.29, 1.82) is 0 Å². The van der Waals surface area contributed by atoms with Gasteiger partial charge in [0.2, 0.25) is 0 Å². The first kappa shape index (κ1) is 15.0. The van der Waals surface area contributed by atoms with Gasteiger partial charge in [-0.2, -0.15) is 13.2 Å². The molecule has 0 aliphatic rings. The van der Waals surface area contributed by atoms with Gasteiger partial charge in [0.05, 0.1) is 5.56 Å². The molecule has 27 heavy (non-hydrogen) atoms. The zero-order valence-corrected chi connectivity index (χ0v) is 15.6. The van der Waals surface area contributed by atoms with Crippen molar-refractivity contribution in [3.63, 3.8) is 0 Å². The number of rotatable bonds is 6. The van der Waals surface area contributed by atoms with Crippen molar-refractivity contribution in [1.82, 2.24) is 0 Å².